The number of carboxylic acid groups (broad SMARTS) is 1. The van der Waals surface area contributed by atoms with Crippen molar-refractivity contribution >= 4 is 11.9 Å². The molecule has 0 bridgehead atoms. The summed E-state index contributed by atoms with van der Waals surface area (Å²) in [7, 11) is 1.14. The lowest BCUT2D eigenvalue weighted by Gasteiger charge is -2.11. The standard InChI is InChI=1S/C20H21N3O4.C9H8F3NO2/c1-2-27-14-18-17(20(25)26)13-23(21-18)12-16-8-6-15(7-9-16)11-22-10-4-3-5-19(22)24;1-15-5-3-2-4(10)6(9(13)14)7(5)8(11)12/h3-10,13H,2,11-12,14H2,1H3,(H,25,26);2-3,8H,1H3,(H2,13,14). The Bertz CT molecular complexity index is 1590. The number of methoxy groups -OCH3 is 1. The van der Waals surface area contributed by atoms with E-state index < -0.39 is 35.2 Å². The zero-order valence-electron chi connectivity index (χ0n) is 22.8. The minimum absolute atomic E-state index is 0.0406. The number of nitrogens with two attached hydrogens (primary N) is 1. The Morgan fingerprint density at radius 1 is 1.05 bits per heavy atom. The number of carbonyl (C=O) groups is 2. The van der Waals surface area contributed by atoms with Gasteiger partial charge in [0, 0.05) is 25.1 Å². The summed E-state index contributed by atoms with van der Waals surface area (Å²) in [6.07, 6.45) is 0.250. The molecular weight excluding hydrogens is 557 g/mol. The number of carbonyl (C=O) groups excluding carboxylic acids is 1. The zero-order chi connectivity index (χ0) is 30.8. The molecule has 0 fully saturated rings. The molecule has 13 heteroatoms. The highest BCUT2D eigenvalue weighted by Gasteiger charge is 2.25. The van der Waals surface area contributed by atoms with E-state index in [2.05, 4.69) is 9.84 Å². The number of nitrogens with zero attached hydrogens (tertiary/aromatic N) is 3. The number of aromatic nitrogens is 3. The number of benzene rings is 2. The van der Waals surface area contributed by atoms with Crippen LogP contribution in [0.1, 0.15) is 56.4 Å². The van der Waals surface area contributed by atoms with Crippen molar-refractivity contribution in [2.24, 2.45) is 5.73 Å². The second kappa shape index (κ2) is 14.6. The van der Waals surface area contributed by atoms with E-state index in [0.29, 0.717) is 25.4 Å². The number of amides is 1. The van der Waals surface area contributed by atoms with Crippen molar-refractivity contribution in [2.45, 2.75) is 33.0 Å². The first kappa shape index (κ1) is 31.6. The third-order valence-corrected chi connectivity index (χ3v) is 5.97. The van der Waals surface area contributed by atoms with Crippen LogP contribution in [0, 0.1) is 5.82 Å². The van der Waals surface area contributed by atoms with Gasteiger partial charge in [0.25, 0.3) is 17.9 Å². The minimum atomic E-state index is -3.03. The first-order valence-electron chi connectivity index (χ1n) is 12.6. The van der Waals surface area contributed by atoms with Gasteiger partial charge >= 0.3 is 5.97 Å². The summed E-state index contributed by atoms with van der Waals surface area (Å²) in [5, 5.41) is 13.6. The van der Waals surface area contributed by atoms with E-state index in [1.165, 1.54) is 12.3 Å². The second-order valence-electron chi connectivity index (χ2n) is 8.82. The maximum Gasteiger partial charge on any atom is 0.339 e. The number of aromatic carboxylic acids is 1. The minimum Gasteiger partial charge on any atom is -0.496 e. The number of ether oxygens (including phenoxy) is 2. The SMILES string of the molecule is CCOCc1nn(Cc2ccc(Cn3ccccc3=O)cc2)cc1C(=O)O.COc1ccc(F)c(C(N)=O)c1C(F)F. The van der Waals surface area contributed by atoms with Crippen molar-refractivity contribution in [3.05, 3.63) is 117 Å². The molecule has 1 amide bonds. The number of halogens is 3. The highest BCUT2D eigenvalue weighted by Crippen LogP contribution is 2.33. The Balaban J connectivity index is 0.000000274. The Morgan fingerprint density at radius 2 is 1.71 bits per heavy atom. The largest absolute Gasteiger partial charge is 0.496 e. The quantitative estimate of drug-likeness (QED) is 0.268. The van der Waals surface area contributed by atoms with Gasteiger partial charge in [-0.05, 0) is 36.2 Å². The Morgan fingerprint density at radius 3 is 2.26 bits per heavy atom. The van der Waals surface area contributed by atoms with Gasteiger partial charge in [0.05, 0.1) is 37.9 Å². The van der Waals surface area contributed by atoms with Crippen LogP contribution in [-0.2, 0) is 24.4 Å². The molecule has 0 aliphatic carbocycles. The van der Waals surface area contributed by atoms with Crippen LogP contribution in [0.4, 0.5) is 13.2 Å². The molecule has 0 atom stereocenters. The highest BCUT2D eigenvalue weighted by atomic mass is 19.3. The third-order valence-electron chi connectivity index (χ3n) is 5.97. The van der Waals surface area contributed by atoms with Crippen molar-refractivity contribution in [3.63, 3.8) is 0 Å². The molecule has 0 aliphatic rings. The first-order chi connectivity index (χ1) is 20.0. The van der Waals surface area contributed by atoms with E-state index >= 15 is 0 Å². The Labute approximate surface area is 238 Å². The molecule has 0 saturated heterocycles. The van der Waals surface area contributed by atoms with Crippen LogP contribution in [0.3, 0.4) is 0 Å². The van der Waals surface area contributed by atoms with Crippen LogP contribution < -0.4 is 16.0 Å². The summed E-state index contributed by atoms with van der Waals surface area (Å²) < 4.78 is 51.3. The molecule has 2 heterocycles. The lowest BCUT2D eigenvalue weighted by Crippen LogP contribution is -2.18. The van der Waals surface area contributed by atoms with Gasteiger partial charge in [-0.1, -0.05) is 30.3 Å². The van der Waals surface area contributed by atoms with Crippen molar-refractivity contribution < 1.29 is 37.3 Å². The third kappa shape index (κ3) is 8.07. The number of rotatable bonds is 11. The fourth-order valence-electron chi connectivity index (χ4n) is 3.97. The lowest BCUT2D eigenvalue weighted by molar-refractivity contribution is 0.0688. The molecule has 0 unspecified atom stereocenters. The molecule has 4 rings (SSSR count). The Hall–Kier alpha value is -4.91. The maximum atomic E-state index is 13.1. The number of pyridine rings is 1. The Kier molecular flexibility index (Phi) is 11.0. The van der Waals surface area contributed by atoms with Crippen LogP contribution in [-0.4, -0.2) is 45.0 Å². The summed E-state index contributed by atoms with van der Waals surface area (Å²) in [5.41, 5.74) is 5.70. The van der Waals surface area contributed by atoms with Gasteiger partial charge in [0.15, 0.2) is 0 Å². The summed E-state index contributed by atoms with van der Waals surface area (Å²) >= 11 is 0. The number of hydrogen-bond donors (Lipinski definition) is 2. The molecule has 0 aliphatic heterocycles. The fourth-order valence-corrected chi connectivity index (χ4v) is 3.97. The van der Waals surface area contributed by atoms with Crippen LogP contribution in [0.2, 0.25) is 0 Å². The molecule has 0 saturated carbocycles. The molecule has 2 aromatic carbocycles. The van der Waals surface area contributed by atoms with E-state index in [1.54, 1.807) is 21.5 Å². The van der Waals surface area contributed by atoms with Gasteiger partial charge < -0.3 is 24.9 Å². The molecule has 4 aromatic rings. The van der Waals surface area contributed by atoms with Gasteiger partial charge in [-0.2, -0.15) is 5.10 Å². The average Bonchev–Trinajstić information content (AvgIpc) is 3.36. The van der Waals surface area contributed by atoms with Crippen LogP contribution in [0.15, 0.2) is 71.8 Å². The lowest BCUT2D eigenvalue weighted by atomic mass is 10.1. The van der Waals surface area contributed by atoms with E-state index in [1.807, 2.05) is 37.3 Å². The van der Waals surface area contributed by atoms with E-state index in [4.69, 9.17) is 10.5 Å². The second-order valence-corrected chi connectivity index (χ2v) is 8.82. The average molecular weight is 587 g/mol. The van der Waals surface area contributed by atoms with Gasteiger partial charge in [-0.25, -0.2) is 18.0 Å². The molecular formula is C29H29F3N4O6. The van der Waals surface area contributed by atoms with E-state index in [0.717, 1.165) is 30.4 Å². The molecule has 0 spiro atoms. The number of hydrogen-bond acceptors (Lipinski definition) is 6. The van der Waals surface area contributed by atoms with Crippen molar-refractivity contribution in [2.75, 3.05) is 13.7 Å². The molecule has 3 N–H and O–H groups in total. The number of primary amides is 1. The van der Waals surface area contributed by atoms with Gasteiger partial charge in [-0.3, -0.25) is 14.3 Å². The zero-order valence-corrected chi connectivity index (χ0v) is 22.8. The number of alkyl halides is 2. The van der Waals surface area contributed by atoms with Gasteiger partial charge in [-0.15, -0.1) is 0 Å². The summed E-state index contributed by atoms with van der Waals surface area (Å²) in [4.78, 5) is 34.0. The predicted octanol–water partition coefficient (Wildman–Crippen LogP) is 4.25. The van der Waals surface area contributed by atoms with E-state index in [-0.39, 0.29) is 23.5 Å². The number of carboxylic acids is 1. The molecule has 10 nitrogen and oxygen atoms in total. The van der Waals surface area contributed by atoms with Crippen molar-refractivity contribution in [1.29, 1.82) is 0 Å². The van der Waals surface area contributed by atoms with Gasteiger partial charge in [0.1, 0.15) is 22.8 Å². The fraction of sp³-hybridized carbons (Fsp3) is 0.241. The van der Waals surface area contributed by atoms with Crippen LogP contribution >= 0.6 is 0 Å². The van der Waals surface area contributed by atoms with Crippen LogP contribution in [0.25, 0.3) is 0 Å². The predicted molar refractivity (Wildman–Crippen MR) is 146 cm³/mol. The molecule has 42 heavy (non-hydrogen) atoms. The molecule has 2 aromatic heterocycles. The summed E-state index contributed by atoms with van der Waals surface area (Å²) in [5.74, 6) is -3.61. The van der Waals surface area contributed by atoms with Crippen molar-refractivity contribution in [3.8, 4) is 5.75 Å². The van der Waals surface area contributed by atoms with E-state index in [9.17, 15) is 32.7 Å². The summed E-state index contributed by atoms with van der Waals surface area (Å²) in [6, 6.07) is 14.8. The maximum absolute atomic E-state index is 13.1. The highest BCUT2D eigenvalue weighted by molar-refractivity contribution is 5.95. The smallest absolute Gasteiger partial charge is 0.339 e. The molecule has 222 valence electrons. The summed E-state index contributed by atoms with van der Waals surface area (Å²) in [6.45, 7) is 3.48. The topological polar surface area (TPSA) is 139 Å². The van der Waals surface area contributed by atoms with Crippen molar-refractivity contribution in [1.82, 2.24) is 14.3 Å². The monoisotopic (exact) mass is 586 g/mol. The normalized spacial score (nSPS) is 10.7. The first-order valence-corrected chi connectivity index (χ1v) is 12.6. The van der Waals surface area contributed by atoms with Gasteiger partial charge in [0.2, 0.25) is 0 Å². The van der Waals surface area contributed by atoms with Crippen LogP contribution in [0.5, 0.6) is 5.75 Å². The molecule has 0 radical (unpaired) electrons.